The summed E-state index contributed by atoms with van der Waals surface area (Å²) >= 11 is 0. The topological polar surface area (TPSA) is 59.2 Å². The van der Waals surface area contributed by atoms with Gasteiger partial charge in [0.2, 0.25) is 5.82 Å². The van der Waals surface area contributed by atoms with E-state index in [0.717, 1.165) is 0 Å². The van der Waals surface area contributed by atoms with Gasteiger partial charge in [0.05, 0.1) is 0 Å². The number of aromatic nitrogens is 2. The van der Waals surface area contributed by atoms with E-state index >= 15 is 0 Å². The Morgan fingerprint density at radius 1 is 1.24 bits per heavy atom. The van der Waals surface area contributed by atoms with Crippen LogP contribution in [-0.4, -0.2) is 15.2 Å². The summed E-state index contributed by atoms with van der Waals surface area (Å²) in [5.74, 6) is 0.165. The van der Waals surface area contributed by atoms with Crippen molar-refractivity contribution in [1.29, 1.82) is 0 Å². The number of aliphatic hydroxyl groups is 1. The highest BCUT2D eigenvalue weighted by Gasteiger charge is 2.12. The van der Waals surface area contributed by atoms with E-state index in [1.165, 1.54) is 19.1 Å². The predicted molar refractivity (Wildman–Crippen MR) is 61.7 cm³/mol. The van der Waals surface area contributed by atoms with Crippen molar-refractivity contribution in [3.8, 4) is 11.4 Å². The molecule has 0 aliphatic heterocycles. The molecule has 1 aromatic carbocycles. The van der Waals surface area contributed by atoms with Crippen molar-refractivity contribution in [3.63, 3.8) is 0 Å². The number of hydrogen-bond acceptors (Lipinski definition) is 4. The lowest BCUT2D eigenvalue weighted by Crippen LogP contribution is -1.90. The molecular formula is C12H15FN2O2. The second-order valence-corrected chi connectivity index (χ2v) is 3.14. The molecule has 92 valence electrons. The van der Waals surface area contributed by atoms with E-state index in [2.05, 4.69) is 10.1 Å². The van der Waals surface area contributed by atoms with Crippen LogP contribution in [0.1, 0.15) is 32.8 Å². The predicted octanol–water partition coefficient (Wildman–Crippen LogP) is 2.96. The number of halogens is 1. The van der Waals surface area contributed by atoms with Gasteiger partial charge in [0.25, 0.3) is 5.89 Å². The van der Waals surface area contributed by atoms with E-state index in [0.29, 0.717) is 11.4 Å². The minimum Gasteiger partial charge on any atom is -0.384 e. The molecule has 1 unspecified atom stereocenters. The summed E-state index contributed by atoms with van der Waals surface area (Å²) in [5, 5.41) is 12.8. The highest BCUT2D eigenvalue weighted by Crippen LogP contribution is 2.18. The molecule has 0 aliphatic rings. The van der Waals surface area contributed by atoms with Crippen LogP contribution in [0.4, 0.5) is 4.39 Å². The molecule has 2 aromatic rings. The maximum absolute atomic E-state index is 12.6. The van der Waals surface area contributed by atoms with E-state index in [-0.39, 0.29) is 11.7 Å². The molecule has 0 radical (unpaired) electrons. The number of nitrogens with zero attached hydrogens (tertiary/aromatic N) is 2. The van der Waals surface area contributed by atoms with Crippen molar-refractivity contribution < 1.29 is 14.0 Å². The Kier molecular flexibility index (Phi) is 4.78. The first-order chi connectivity index (χ1) is 8.16. The monoisotopic (exact) mass is 238 g/mol. The molecular weight excluding hydrogens is 223 g/mol. The molecule has 0 aliphatic carbocycles. The second-order valence-electron chi connectivity index (χ2n) is 3.14. The summed E-state index contributed by atoms with van der Waals surface area (Å²) in [7, 11) is 0. The van der Waals surface area contributed by atoms with Gasteiger partial charge < -0.3 is 9.63 Å². The van der Waals surface area contributed by atoms with E-state index in [1.54, 1.807) is 12.1 Å². The molecule has 1 N–H and O–H groups in total. The van der Waals surface area contributed by atoms with Crippen molar-refractivity contribution in [1.82, 2.24) is 10.1 Å². The fourth-order valence-electron chi connectivity index (χ4n) is 1.12. The number of aliphatic hydroxyl groups excluding tert-OH is 1. The minimum absolute atomic E-state index is 0.148. The molecule has 0 fully saturated rings. The average molecular weight is 238 g/mol. The van der Waals surface area contributed by atoms with Crippen LogP contribution < -0.4 is 0 Å². The first-order valence-electron chi connectivity index (χ1n) is 5.44. The van der Waals surface area contributed by atoms with Gasteiger partial charge in [-0.3, -0.25) is 0 Å². The molecule has 0 saturated heterocycles. The first-order valence-corrected chi connectivity index (χ1v) is 5.44. The van der Waals surface area contributed by atoms with E-state index < -0.39 is 6.10 Å². The zero-order valence-corrected chi connectivity index (χ0v) is 10.0. The summed E-state index contributed by atoms with van der Waals surface area (Å²) < 4.78 is 17.4. The molecule has 0 saturated carbocycles. The lowest BCUT2D eigenvalue weighted by molar-refractivity contribution is 0.152. The van der Waals surface area contributed by atoms with Crippen LogP contribution in [0, 0.1) is 5.82 Å². The Morgan fingerprint density at radius 3 is 2.29 bits per heavy atom. The van der Waals surface area contributed by atoms with Crippen molar-refractivity contribution >= 4 is 0 Å². The fourth-order valence-corrected chi connectivity index (χ4v) is 1.12. The van der Waals surface area contributed by atoms with Crippen LogP contribution in [0.3, 0.4) is 0 Å². The van der Waals surface area contributed by atoms with E-state index in [1.807, 2.05) is 13.8 Å². The van der Waals surface area contributed by atoms with Gasteiger partial charge in [0, 0.05) is 5.56 Å². The van der Waals surface area contributed by atoms with Gasteiger partial charge in [-0.05, 0) is 31.2 Å². The van der Waals surface area contributed by atoms with Gasteiger partial charge in [-0.15, -0.1) is 0 Å². The minimum atomic E-state index is -0.799. The summed E-state index contributed by atoms with van der Waals surface area (Å²) in [6.07, 6.45) is -0.799. The largest absolute Gasteiger partial charge is 0.384 e. The molecule has 0 bridgehead atoms. The molecule has 1 heterocycles. The Labute approximate surface area is 99.1 Å². The van der Waals surface area contributed by atoms with Gasteiger partial charge in [-0.25, -0.2) is 4.39 Å². The Morgan fingerprint density at radius 2 is 1.82 bits per heavy atom. The van der Waals surface area contributed by atoms with Crippen LogP contribution in [0.5, 0.6) is 0 Å². The summed E-state index contributed by atoms with van der Waals surface area (Å²) in [6, 6.07) is 5.72. The third kappa shape index (κ3) is 3.35. The van der Waals surface area contributed by atoms with Gasteiger partial charge in [-0.1, -0.05) is 19.0 Å². The molecule has 4 nitrogen and oxygen atoms in total. The molecule has 0 spiro atoms. The Bertz CT molecular complexity index is 452. The van der Waals surface area contributed by atoms with Crippen LogP contribution in [-0.2, 0) is 0 Å². The smallest absolute Gasteiger partial charge is 0.255 e. The van der Waals surface area contributed by atoms with Crippen LogP contribution in [0.15, 0.2) is 28.8 Å². The van der Waals surface area contributed by atoms with Crippen molar-refractivity contribution in [2.75, 3.05) is 0 Å². The van der Waals surface area contributed by atoms with Gasteiger partial charge >= 0.3 is 0 Å². The summed E-state index contributed by atoms with van der Waals surface area (Å²) in [4.78, 5) is 3.96. The highest BCUT2D eigenvalue weighted by molar-refractivity contribution is 5.53. The third-order valence-electron chi connectivity index (χ3n) is 1.90. The van der Waals surface area contributed by atoms with Gasteiger partial charge in [-0.2, -0.15) is 4.98 Å². The van der Waals surface area contributed by atoms with Gasteiger partial charge in [0.1, 0.15) is 11.9 Å². The second kappa shape index (κ2) is 6.10. The lowest BCUT2D eigenvalue weighted by atomic mass is 10.2. The maximum atomic E-state index is 12.6. The molecule has 2 rings (SSSR count). The van der Waals surface area contributed by atoms with Crippen molar-refractivity contribution in [2.24, 2.45) is 0 Å². The normalized spacial score (nSPS) is 11.6. The maximum Gasteiger partial charge on any atom is 0.255 e. The van der Waals surface area contributed by atoms with Gasteiger partial charge in [0.15, 0.2) is 0 Å². The number of benzene rings is 1. The van der Waals surface area contributed by atoms with Crippen LogP contribution >= 0.6 is 0 Å². The molecule has 1 atom stereocenters. The standard InChI is InChI=1S/C10H9FN2O2.C2H6/c1-6(14)10-12-9(13-15-10)7-2-4-8(11)5-3-7;1-2/h2-6,14H,1H3;1-2H3. The third-order valence-corrected chi connectivity index (χ3v) is 1.90. The summed E-state index contributed by atoms with van der Waals surface area (Å²) in [5.41, 5.74) is 0.645. The van der Waals surface area contributed by atoms with Crippen LogP contribution in [0.2, 0.25) is 0 Å². The van der Waals surface area contributed by atoms with Crippen LogP contribution in [0.25, 0.3) is 11.4 Å². The zero-order valence-electron chi connectivity index (χ0n) is 10.0. The highest BCUT2D eigenvalue weighted by atomic mass is 19.1. The molecule has 5 heteroatoms. The Hall–Kier alpha value is -1.75. The number of rotatable bonds is 2. The molecule has 1 aromatic heterocycles. The average Bonchev–Trinajstić information content (AvgIpc) is 2.82. The number of hydrogen-bond donors (Lipinski definition) is 1. The van der Waals surface area contributed by atoms with Crippen molar-refractivity contribution in [2.45, 2.75) is 26.9 Å². The zero-order chi connectivity index (χ0) is 12.8. The molecule has 17 heavy (non-hydrogen) atoms. The SMILES string of the molecule is CC.CC(O)c1nc(-c2ccc(F)cc2)no1. The lowest BCUT2D eigenvalue weighted by Gasteiger charge is -1.93. The first kappa shape index (κ1) is 13.3. The summed E-state index contributed by atoms with van der Waals surface area (Å²) in [6.45, 7) is 5.53. The van der Waals surface area contributed by atoms with E-state index in [9.17, 15) is 9.50 Å². The fraction of sp³-hybridized carbons (Fsp3) is 0.333. The van der Waals surface area contributed by atoms with E-state index in [4.69, 9.17) is 4.52 Å². The Balaban J connectivity index is 0.000000686. The quantitative estimate of drug-likeness (QED) is 0.873. The molecule has 0 amide bonds. The van der Waals surface area contributed by atoms with Crippen molar-refractivity contribution in [3.05, 3.63) is 36.0 Å².